The Bertz CT molecular complexity index is 929. The zero-order valence-electron chi connectivity index (χ0n) is 13.9. The zero-order valence-corrected chi connectivity index (χ0v) is 13.9. The molecule has 0 fully saturated rings. The number of nitrogens with one attached hydrogen (secondary N) is 1. The van der Waals surface area contributed by atoms with Crippen molar-refractivity contribution in [2.45, 2.75) is 26.4 Å². The van der Waals surface area contributed by atoms with E-state index >= 15 is 0 Å². The first kappa shape index (κ1) is 15.5. The van der Waals surface area contributed by atoms with Gasteiger partial charge in [-0.25, -0.2) is 4.39 Å². The van der Waals surface area contributed by atoms with E-state index in [1.807, 2.05) is 24.5 Å². The van der Waals surface area contributed by atoms with Crippen LogP contribution in [0.3, 0.4) is 0 Å². The fourth-order valence-electron chi connectivity index (χ4n) is 3.14. The van der Waals surface area contributed by atoms with Gasteiger partial charge in [-0.05, 0) is 44.2 Å². The van der Waals surface area contributed by atoms with Crippen LogP contribution in [-0.4, -0.2) is 42.3 Å². The van der Waals surface area contributed by atoms with Gasteiger partial charge >= 0.3 is 0 Å². The number of aromatic amines is 1. The van der Waals surface area contributed by atoms with Gasteiger partial charge in [0, 0.05) is 24.3 Å². The van der Waals surface area contributed by atoms with Crippen LogP contribution in [-0.2, 0) is 6.54 Å². The van der Waals surface area contributed by atoms with Crippen molar-refractivity contribution in [2.24, 2.45) is 0 Å². The lowest BCUT2D eigenvalue weighted by atomic mass is 10.1. The Morgan fingerprint density at radius 1 is 1.24 bits per heavy atom. The molecule has 25 heavy (non-hydrogen) atoms. The molecule has 1 amide bonds. The lowest BCUT2D eigenvalue weighted by molar-refractivity contribution is 0.0638. The zero-order chi connectivity index (χ0) is 17.6. The van der Waals surface area contributed by atoms with E-state index in [0.29, 0.717) is 24.5 Å². The minimum Gasteiger partial charge on any atom is -0.327 e. The van der Waals surface area contributed by atoms with Crippen LogP contribution < -0.4 is 0 Å². The van der Waals surface area contributed by atoms with Crippen LogP contribution in [0.4, 0.5) is 4.39 Å². The minimum atomic E-state index is -0.359. The molecule has 1 N–H and O–H groups in total. The number of benzene rings is 1. The van der Waals surface area contributed by atoms with Gasteiger partial charge < -0.3 is 9.47 Å². The van der Waals surface area contributed by atoms with Crippen molar-refractivity contribution in [1.29, 1.82) is 0 Å². The summed E-state index contributed by atoms with van der Waals surface area (Å²) in [6.07, 6.45) is 0. The number of amides is 1. The third kappa shape index (κ3) is 2.59. The number of hydrogen-bond acceptors (Lipinski definition) is 4. The van der Waals surface area contributed by atoms with E-state index in [9.17, 15) is 9.18 Å². The number of carbonyl (C=O) groups is 1. The van der Waals surface area contributed by atoms with Crippen molar-refractivity contribution < 1.29 is 9.18 Å². The first-order valence-corrected chi connectivity index (χ1v) is 8.06. The second kappa shape index (κ2) is 5.80. The molecule has 0 radical (unpaired) electrons. The van der Waals surface area contributed by atoms with Gasteiger partial charge in [-0.1, -0.05) is 0 Å². The summed E-state index contributed by atoms with van der Waals surface area (Å²) in [4.78, 5) is 14.5. The van der Waals surface area contributed by atoms with Gasteiger partial charge in [0.05, 0.1) is 6.04 Å². The molecule has 2 aromatic heterocycles. The lowest BCUT2D eigenvalue weighted by Gasteiger charge is -2.33. The summed E-state index contributed by atoms with van der Waals surface area (Å²) >= 11 is 0. The molecule has 0 spiro atoms. The van der Waals surface area contributed by atoms with Gasteiger partial charge in [-0.2, -0.15) is 5.10 Å². The highest BCUT2D eigenvalue weighted by Crippen LogP contribution is 2.29. The summed E-state index contributed by atoms with van der Waals surface area (Å²) < 4.78 is 15.1. The highest BCUT2D eigenvalue weighted by molar-refractivity contribution is 5.94. The van der Waals surface area contributed by atoms with Gasteiger partial charge in [0.1, 0.15) is 11.5 Å². The number of hydrogen-bond donors (Lipinski definition) is 1. The van der Waals surface area contributed by atoms with Crippen molar-refractivity contribution in [3.63, 3.8) is 0 Å². The molecule has 7 nitrogen and oxygen atoms in total. The molecule has 0 saturated heterocycles. The van der Waals surface area contributed by atoms with Crippen molar-refractivity contribution in [2.75, 3.05) is 6.54 Å². The van der Waals surface area contributed by atoms with Gasteiger partial charge in [0.2, 0.25) is 0 Å². The Balaban J connectivity index is 1.63. The molecule has 1 aromatic carbocycles. The monoisotopic (exact) mass is 340 g/mol. The van der Waals surface area contributed by atoms with Gasteiger partial charge in [0.25, 0.3) is 5.91 Å². The standard InChI is InChI=1S/C17H17FN6O/c1-10-9-14(20-19-10)16-22-21-15-11(2)23(7-8-24(15)16)17(25)12-3-5-13(18)6-4-12/h3-6,9,11H,7-8H2,1-2H3,(H,19,20)/t11-/m1/s1. The van der Waals surface area contributed by atoms with Crippen molar-refractivity contribution in [1.82, 2.24) is 29.9 Å². The van der Waals surface area contributed by atoms with Crippen LogP contribution in [0.15, 0.2) is 30.3 Å². The molecule has 1 atom stereocenters. The number of aromatic nitrogens is 5. The maximum Gasteiger partial charge on any atom is 0.254 e. The largest absolute Gasteiger partial charge is 0.327 e. The average molecular weight is 340 g/mol. The second-order valence-corrected chi connectivity index (χ2v) is 6.15. The summed E-state index contributed by atoms with van der Waals surface area (Å²) in [6, 6.07) is 7.28. The van der Waals surface area contributed by atoms with Crippen molar-refractivity contribution >= 4 is 5.91 Å². The SMILES string of the molecule is Cc1cc(-c2nnc3n2CCN(C(=O)c2ccc(F)cc2)[C@@H]3C)n[nH]1. The minimum absolute atomic E-state index is 0.140. The Morgan fingerprint density at radius 2 is 2.00 bits per heavy atom. The fourth-order valence-corrected chi connectivity index (χ4v) is 3.14. The number of rotatable bonds is 2. The Labute approximate surface area is 143 Å². The summed E-state index contributed by atoms with van der Waals surface area (Å²) in [5, 5.41) is 15.7. The summed E-state index contributed by atoms with van der Waals surface area (Å²) in [5.41, 5.74) is 2.15. The molecule has 1 aliphatic heterocycles. The van der Waals surface area contributed by atoms with Gasteiger partial charge in [-0.3, -0.25) is 9.89 Å². The molecule has 3 heterocycles. The molecule has 3 aromatic rings. The third-order valence-corrected chi connectivity index (χ3v) is 4.47. The molecule has 0 aliphatic carbocycles. The van der Waals surface area contributed by atoms with E-state index in [4.69, 9.17) is 0 Å². The fraction of sp³-hybridized carbons (Fsp3) is 0.294. The first-order valence-electron chi connectivity index (χ1n) is 8.06. The van der Waals surface area contributed by atoms with Crippen LogP contribution in [0.1, 0.15) is 34.8 Å². The quantitative estimate of drug-likeness (QED) is 0.776. The Hall–Kier alpha value is -3.03. The summed E-state index contributed by atoms with van der Waals surface area (Å²) in [7, 11) is 0. The smallest absolute Gasteiger partial charge is 0.254 e. The van der Waals surface area contributed by atoms with E-state index in [2.05, 4.69) is 20.4 Å². The Morgan fingerprint density at radius 3 is 2.68 bits per heavy atom. The Kier molecular flexibility index (Phi) is 3.60. The first-order chi connectivity index (χ1) is 12.0. The van der Waals surface area contributed by atoms with Crippen LogP contribution in [0.5, 0.6) is 0 Å². The number of halogens is 1. The molecule has 4 rings (SSSR count). The van der Waals surface area contributed by atoms with E-state index < -0.39 is 0 Å². The molecule has 0 saturated carbocycles. The van der Waals surface area contributed by atoms with Crippen LogP contribution in [0.25, 0.3) is 11.5 Å². The number of carbonyl (C=O) groups excluding carboxylic acids is 1. The number of nitrogens with zero attached hydrogens (tertiary/aromatic N) is 5. The summed E-state index contributed by atoms with van der Waals surface area (Å²) in [6.45, 7) is 4.95. The molecule has 128 valence electrons. The lowest BCUT2D eigenvalue weighted by Crippen LogP contribution is -2.41. The van der Waals surface area contributed by atoms with Crippen LogP contribution >= 0.6 is 0 Å². The average Bonchev–Trinajstić information content (AvgIpc) is 3.21. The third-order valence-electron chi connectivity index (χ3n) is 4.47. The number of aryl methyl sites for hydroxylation is 1. The molecule has 0 bridgehead atoms. The van der Waals surface area contributed by atoms with E-state index in [0.717, 1.165) is 17.2 Å². The van der Waals surface area contributed by atoms with E-state index in [-0.39, 0.29) is 17.8 Å². The van der Waals surface area contributed by atoms with Crippen molar-refractivity contribution in [3.05, 3.63) is 53.2 Å². The normalized spacial score (nSPS) is 16.8. The number of H-pyrrole nitrogens is 1. The van der Waals surface area contributed by atoms with Crippen LogP contribution in [0, 0.1) is 12.7 Å². The predicted octanol–water partition coefficient (Wildman–Crippen LogP) is 2.33. The molecule has 8 heteroatoms. The highest BCUT2D eigenvalue weighted by Gasteiger charge is 2.32. The highest BCUT2D eigenvalue weighted by atomic mass is 19.1. The molecule has 0 unspecified atom stereocenters. The van der Waals surface area contributed by atoms with Gasteiger partial charge in [0.15, 0.2) is 11.6 Å². The second-order valence-electron chi connectivity index (χ2n) is 6.15. The van der Waals surface area contributed by atoms with Crippen molar-refractivity contribution in [3.8, 4) is 11.5 Å². The molecule has 1 aliphatic rings. The van der Waals surface area contributed by atoms with E-state index in [1.165, 1.54) is 24.3 Å². The molecular formula is C17H17FN6O. The topological polar surface area (TPSA) is 79.7 Å². The predicted molar refractivity (Wildman–Crippen MR) is 88.2 cm³/mol. The maximum absolute atomic E-state index is 13.1. The van der Waals surface area contributed by atoms with Crippen LogP contribution in [0.2, 0.25) is 0 Å². The number of fused-ring (bicyclic) bond motifs is 1. The van der Waals surface area contributed by atoms with E-state index in [1.54, 1.807) is 4.90 Å². The van der Waals surface area contributed by atoms with Gasteiger partial charge in [-0.15, -0.1) is 10.2 Å². The summed E-state index contributed by atoms with van der Waals surface area (Å²) in [5.74, 6) is 0.915. The molecular weight excluding hydrogens is 323 g/mol. The maximum atomic E-state index is 13.1.